The topological polar surface area (TPSA) is 59.9 Å². The summed E-state index contributed by atoms with van der Waals surface area (Å²) in [6, 6.07) is 14.6. The predicted molar refractivity (Wildman–Crippen MR) is 88.4 cm³/mol. The maximum Gasteiger partial charge on any atom is 0.277 e. The highest BCUT2D eigenvalue weighted by Gasteiger charge is 2.01. The van der Waals surface area contributed by atoms with Crippen molar-refractivity contribution in [3.05, 3.63) is 58.6 Å². The number of hydrogen-bond acceptors (Lipinski definition) is 4. The Bertz CT molecular complexity index is 657. The van der Waals surface area contributed by atoms with E-state index < -0.39 is 0 Å². The Balaban J connectivity index is 1.79. The van der Waals surface area contributed by atoms with E-state index in [0.29, 0.717) is 5.75 Å². The van der Waals surface area contributed by atoms with E-state index in [-0.39, 0.29) is 12.5 Å². The Labute approximate surface area is 137 Å². The van der Waals surface area contributed by atoms with Crippen LogP contribution in [0.15, 0.2) is 58.1 Å². The minimum Gasteiger partial charge on any atom is -0.497 e. The van der Waals surface area contributed by atoms with Gasteiger partial charge in [0, 0.05) is 4.47 Å². The molecule has 5 nitrogen and oxygen atoms in total. The van der Waals surface area contributed by atoms with Gasteiger partial charge < -0.3 is 9.47 Å². The van der Waals surface area contributed by atoms with Crippen LogP contribution in [0.1, 0.15) is 5.56 Å². The molecular formula is C16H15BrN2O3. The first-order chi connectivity index (χ1) is 10.7. The highest BCUT2D eigenvalue weighted by molar-refractivity contribution is 9.10. The second-order valence-electron chi connectivity index (χ2n) is 4.31. The second kappa shape index (κ2) is 8.19. The normalized spacial score (nSPS) is 10.5. The molecule has 0 aromatic heterocycles. The number of methoxy groups -OCH3 is 1. The molecule has 0 aliphatic rings. The van der Waals surface area contributed by atoms with Crippen molar-refractivity contribution in [2.24, 2.45) is 5.10 Å². The second-order valence-corrected chi connectivity index (χ2v) is 5.23. The van der Waals surface area contributed by atoms with Crippen LogP contribution in [0.4, 0.5) is 0 Å². The van der Waals surface area contributed by atoms with Crippen molar-refractivity contribution in [3.63, 3.8) is 0 Å². The SMILES string of the molecule is COc1cccc(/C=N\NC(=O)COc2ccc(Br)cc2)c1. The molecule has 2 rings (SSSR count). The number of nitrogens with zero attached hydrogens (tertiary/aromatic N) is 1. The van der Waals surface area contributed by atoms with Crippen molar-refractivity contribution < 1.29 is 14.3 Å². The lowest BCUT2D eigenvalue weighted by molar-refractivity contribution is -0.123. The summed E-state index contributed by atoms with van der Waals surface area (Å²) >= 11 is 3.33. The number of carbonyl (C=O) groups excluding carboxylic acids is 1. The van der Waals surface area contributed by atoms with Gasteiger partial charge in [-0.25, -0.2) is 5.43 Å². The lowest BCUT2D eigenvalue weighted by Crippen LogP contribution is -2.24. The van der Waals surface area contributed by atoms with Gasteiger partial charge in [0.2, 0.25) is 0 Å². The molecule has 0 aliphatic heterocycles. The van der Waals surface area contributed by atoms with Gasteiger partial charge >= 0.3 is 0 Å². The zero-order valence-electron chi connectivity index (χ0n) is 12.0. The Morgan fingerprint density at radius 2 is 2.00 bits per heavy atom. The van der Waals surface area contributed by atoms with Gasteiger partial charge in [-0.2, -0.15) is 5.10 Å². The number of hydrazone groups is 1. The summed E-state index contributed by atoms with van der Waals surface area (Å²) in [6.45, 7) is -0.100. The third-order valence-electron chi connectivity index (χ3n) is 2.68. The summed E-state index contributed by atoms with van der Waals surface area (Å²) < 4.78 is 11.4. The van der Waals surface area contributed by atoms with Gasteiger partial charge in [0.25, 0.3) is 5.91 Å². The van der Waals surface area contributed by atoms with Crippen molar-refractivity contribution in [1.29, 1.82) is 0 Å². The third kappa shape index (κ3) is 5.21. The first-order valence-electron chi connectivity index (χ1n) is 6.52. The molecule has 22 heavy (non-hydrogen) atoms. The maximum atomic E-state index is 11.6. The van der Waals surface area contributed by atoms with E-state index in [0.717, 1.165) is 15.8 Å². The largest absolute Gasteiger partial charge is 0.497 e. The molecule has 0 saturated carbocycles. The molecule has 6 heteroatoms. The van der Waals surface area contributed by atoms with Crippen LogP contribution in [-0.2, 0) is 4.79 Å². The molecule has 0 fully saturated rings. The lowest BCUT2D eigenvalue weighted by atomic mass is 10.2. The third-order valence-corrected chi connectivity index (χ3v) is 3.21. The molecule has 2 aromatic rings. The van der Waals surface area contributed by atoms with E-state index in [9.17, 15) is 4.79 Å². The van der Waals surface area contributed by atoms with Crippen molar-refractivity contribution in [3.8, 4) is 11.5 Å². The standard InChI is InChI=1S/C16H15BrN2O3/c1-21-15-4-2-3-12(9-15)10-18-19-16(20)11-22-14-7-5-13(17)6-8-14/h2-10H,11H2,1H3,(H,19,20)/b18-10-. The summed E-state index contributed by atoms with van der Waals surface area (Å²) in [4.78, 5) is 11.6. The van der Waals surface area contributed by atoms with E-state index in [4.69, 9.17) is 9.47 Å². The number of halogens is 1. The van der Waals surface area contributed by atoms with Crippen molar-refractivity contribution in [1.82, 2.24) is 5.43 Å². The molecule has 0 unspecified atom stereocenters. The van der Waals surface area contributed by atoms with Crippen LogP contribution in [0.2, 0.25) is 0 Å². The maximum absolute atomic E-state index is 11.6. The number of carbonyl (C=O) groups is 1. The molecule has 0 saturated heterocycles. The van der Waals surface area contributed by atoms with Crippen LogP contribution < -0.4 is 14.9 Å². The molecule has 0 heterocycles. The molecule has 0 radical (unpaired) electrons. The predicted octanol–water partition coefficient (Wildman–Crippen LogP) is 2.99. The molecule has 0 atom stereocenters. The van der Waals surface area contributed by atoms with Crippen LogP contribution >= 0.6 is 15.9 Å². The number of hydrogen-bond donors (Lipinski definition) is 1. The number of rotatable bonds is 6. The first kappa shape index (κ1) is 16.0. The van der Waals surface area contributed by atoms with E-state index in [2.05, 4.69) is 26.5 Å². The van der Waals surface area contributed by atoms with Crippen LogP contribution in [0.25, 0.3) is 0 Å². The Hall–Kier alpha value is -2.34. The fourth-order valence-electron chi connectivity index (χ4n) is 1.61. The summed E-state index contributed by atoms with van der Waals surface area (Å²) in [7, 11) is 1.59. The molecule has 2 aromatic carbocycles. The first-order valence-corrected chi connectivity index (χ1v) is 7.31. The molecule has 1 amide bonds. The average molecular weight is 363 g/mol. The Morgan fingerprint density at radius 3 is 2.73 bits per heavy atom. The van der Waals surface area contributed by atoms with Gasteiger partial charge in [-0.3, -0.25) is 4.79 Å². The lowest BCUT2D eigenvalue weighted by Gasteiger charge is -2.04. The van der Waals surface area contributed by atoms with Crippen molar-refractivity contribution in [2.45, 2.75) is 0 Å². The summed E-state index contributed by atoms with van der Waals surface area (Å²) in [5, 5.41) is 3.88. The van der Waals surface area contributed by atoms with Crippen LogP contribution in [0.3, 0.4) is 0 Å². The van der Waals surface area contributed by atoms with Gasteiger partial charge in [0.1, 0.15) is 11.5 Å². The summed E-state index contributed by atoms with van der Waals surface area (Å²) in [6.07, 6.45) is 1.54. The number of benzene rings is 2. The van der Waals surface area contributed by atoms with E-state index in [1.54, 1.807) is 25.5 Å². The average Bonchev–Trinajstić information content (AvgIpc) is 2.54. The fraction of sp³-hybridized carbons (Fsp3) is 0.125. The number of nitrogens with one attached hydrogen (secondary N) is 1. The van der Waals surface area contributed by atoms with Crippen LogP contribution in [0, 0.1) is 0 Å². The Morgan fingerprint density at radius 1 is 1.23 bits per heavy atom. The molecule has 1 N–H and O–H groups in total. The van der Waals surface area contributed by atoms with E-state index >= 15 is 0 Å². The fourth-order valence-corrected chi connectivity index (χ4v) is 1.88. The molecular weight excluding hydrogens is 348 g/mol. The highest BCUT2D eigenvalue weighted by Crippen LogP contribution is 2.15. The highest BCUT2D eigenvalue weighted by atomic mass is 79.9. The van der Waals surface area contributed by atoms with Crippen molar-refractivity contribution in [2.75, 3.05) is 13.7 Å². The van der Waals surface area contributed by atoms with Gasteiger partial charge in [-0.05, 0) is 42.0 Å². The minimum atomic E-state index is -0.331. The molecule has 0 aliphatic carbocycles. The number of amides is 1. The van der Waals surface area contributed by atoms with Gasteiger partial charge in [-0.1, -0.05) is 28.1 Å². The monoisotopic (exact) mass is 362 g/mol. The van der Waals surface area contributed by atoms with E-state index in [1.165, 1.54) is 0 Å². The number of ether oxygens (including phenoxy) is 2. The molecule has 0 bridgehead atoms. The Kier molecular flexibility index (Phi) is 5.97. The summed E-state index contributed by atoms with van der Waals surface area (Å²) in [5.41, 5.74) is 3.23. The molecule has 0 spiro atoms. The zero-order valence-corrected chi connectivity index (χ0v) is 13.5. The van der Waals surface area contributed by atoms with Crippen molar-refractivity contribution >= 4 is 28.1 Å². The smallest absolute Gasteiger partial charge is 0.277 e. The van der Waals surface area contributed by atoms with E-state index in [1.807, 2.05) is 36.4 Å². The quantitative estimate of drug-likeness (QED) is 0.634. The zero-order chi connectivity index (χ0) is 15.8. The van der Waals surface area contributed by atoms with Crippen LogP contribution in [-0.4, -0.2) is 25.8 Å². The van der Waals surface area contributed by atoms with Gasteiger partial charge in [0.05, 0.1) is 13.3 Å². The van der Waals surface area contributed by atoms with Gasteiger partial charge in [-0.15, -0.1) is 0 Å². The minimum absolute atomic E-state index is 0.100. The summed E-state index contributed by atoms with van der Waals surface area (Å²) in [5.74, 6) is 1.02. The molecule has 114 valence electrons. The van der Waals surface area contributed by atoms with Gasteiger partial charge in [0.15, 0.2) is 6.61 Å². The van der Waals surface area contributed by atoms with Crippen LogP contribution in [0.5, 0.6) is 11.5 Å².